The lowest BCUT2D eigenvalue weighted by atomic mass is 10.0. The predicted molar refractivity (Wildman–Crippen MR) is 286 cm³/mol. The molecule has 13 aromatic rings. The summed E-state index contributed by atoms with van der Waals surface area (Å²) in [5.74, 6) is 0. The Balaban J connectivity index is 0.903. The zero-order chi connectivity index (χ0) is 45.3. The molecule has 0 amide bonds. The van der Waals surface area contributed by atoms with E-state index in [2.05, 4.69) is 254 Å². The third-order valence-electron chi connectivity index (χ3n) is 13.5. The summed E-state index contributed by atoms with van der Waals surface area (Å²) >= 11 is 0. The van der Waals surface area contributed by atoms with Crippen LogP contribution in [0.2, 0.25) is 0 Å². The highest BCUT2D eigenvalue weighted by molar-refractivity contribution is 6.18. The molecule has 4 nitrogen and oxygen atoms in total. The van der Waals surface area contributed by atoms with Gasteiger partial charge in [0.05, 0.1) is 11.4 Å². The number of anilines is 6. The van der Waals surface area contributed by atoms with E-state index in [-0.39, 0.29) is 0 Å². The molecule has 0 saturated carbocycles. The Morgan fingerprint density at radius 2 is 0.632 bits per heavy atom. The van der Waals surface area contributed by atoms with Gasteiger partial charge in [0, 0.05) is 55.4 Å². The Labute approximate surface area is 394 Å². The van der Waals surface area contributed by atoms with Crippen molar-refractivity contribution in [1.82, 2.24) is 0 Å². The molecule has 2 aromatic heterocycles. The molecule has 0 unspecified atom stereocenters. The molecular formula is C64H44N2O2. The SMILES string of the molecule is Cc1ccc(N(c2ccc3cc4c(cc3c2)oc2cc3c(cc24)oc2cc4cc(N(c5ccc(C)cc5)c5ccccc5-c5ccccc5)ccc4cc23)c2ccccc2-c2ccccc2)cc1. The molecule has 0 atom stereocenters. The normalized spacial score (nSPS) is 11.7. The van der Waals surface area contributed by atoms with Crippen LogP contribution in [-0.2, 0) is 0 Å². The zero-order valence-corrected chi connectivity index (χ0v) is 37.7. The van der Waals surface area contributed by atoms with Gasteiger partial charge in [0.25, 0.3) is 0 Å². The van der Waals surface area contributed by atoms with Gasteiger partial charge in [-0.1, -0.05) is 145 Å². The number of furan rings is 2. The number of fused-ring (bicyclic) bond motifs is 8. The van der Waals surface area contributed by atoms with Gasteiger partial charge in [0.1, 0.15) is 22.3 Å². The first-order valence-electron chi connectivity index (χ1n) is 23.2. The van der Waals surface area contributed by atoms with Gasteiger partial charge >= 0.3 is 0 Å². The summed E-state index contributed by atoms with van der Waals surface area (Å²) in [5, 5.41) is 8.69. The Hall–Kier alpha value is -8.86. The number of hydrogen-bond acceptors (Lipinski definition) is 4. The molecule has 2 heterocycles. The fourth-order valence-electron chi connectivity index (χ4n) is 10.1. The molecule has 68 heavy (non-hydrogen) atoms. The van der Waals surface area contributed by atoms with Gasteiger partial charge in [0.15, 0.2) is 0 Å². The van der Waals surface area contributed by atoms with E-state index in [1.807, 2.05) is 0 Å². The molecule has 11 aromatic carbocycles. The van der Waals surface area contributed by atoms with Crippen LogP contribution in [-0.4, -0.2) is 0 Å². The predicted octanol–water partition coefficient (Wildman–Crippen LogP) is 18.7. The first kappa shape index (κ1) is 39.5. The lowest BCUT2D eigenvalue weighted by Crippen LogP contribution is -2.11. The molecule has 4 heteroatoms. The first-order chi connectivity index (χ1) is 33.5. The van der Waals surface area contributed by atoms with Crippen molar-refractivity contribution >= 4 is 99.5 Å². The van der Waals surface area contributed by atoms with Crippen molar-refractivity contribution in [1.29, 1.82) is 0 Å². The van der Waals surface area contributed by atoms with Gasteiger partial charge in [-0.2, -0.15) is 0 Å². The van der Waals surface area contributed by atoms with E-state index in [4.69, 9.17) is 8.83 Å². The van der Waals surface area contributed by atoms with Crippen molar-refractivity contribution in [2.75, 3.05) is 9.80 Å². The highest BCUT2D eigenvalue weighted by Gasteiger charge is 2.21. The molecular weight excluding hydrogens is 829 g/mol. The van der Waals surface area contributed by atoms with E-state index in [0.29, 0.717) is 0 Å². The van der Waals surface area contributed by atoms with Crippen molar-refractivity contribution in [3.8, 4) is 22.3 Å². The van der Waals surface area contributed by atoms with Gasteiger partial charge < -0.3 is 18.6 Å². The highest BCUT2D eigenvalue weighted by Crippen LogP contribution is 2.45. The largest absolute Gasteiger partial charge is 0.456 e. The summed E-state index contributed by atoms with van der Waals surface area (Å²) in [4.78, 5) is 4.72. The number of rotatable bonds is 8. The standard InChI is InChI=1S/C64H44N2O2/c1-41-21-27-49(28-22-41)65(59-19-11-9-17-53(59)43-13-5-3-6-14-43)51-31-25-45-35-55-57-39-64-58(40-63(57)67-61(55)37-47(45)33-51)56-36-46-26-32-52(34-48(46)38-62(56)68-64)66(50-29-23-42(2)24-30-50)60-20-12-10-18-54(60)44-15-7-4-8-16-44/h3-40H,1-2H3. The second-order valence-electron chi connectivity index (χ2n) is 17.9. The summed E-state index contributed by atoms with van der Waals surface area (Å²) in [5.41, 5.74) is 17.1. The van der Waals surface area contributed by atoms with E-state index >= 15 is 0 Å². The Kier molecular flexibility index (Phi) is 9.26. The van der Waals surface area contributed by atoms with Gasteiger partial charge in [-0.05, 0) is 144 Å². The van der Waals surface area contributed by atoms with Crippen LogP contribution in [0.1, 0.15) is 11.1 Å². The van der Waals surface area contributed by atoms with Gasteiger partial charge in [-0.25, -0.2) is 0 Å². The van der Waals surface area contributed by atoms with E-state index < -0.39 is 0 Å². The first-order valence-corrected chi connectivity index (χ1v) is 23.2. The third kappa shape index (κ3) is 6.77. The average Bonchev–Trinajstić information content (AvgIpc) is 3.91. The van der Waals surface area contributed by atoms with Crippen molar-refractivity contribution in [2.24, 2.45) is 0 Å². The minimum Gasteiger partial charge on any atom is -0.456 e. The van der Waals surface area contributed by atoms with Crippen molar-refractivity contribution in [3.63, 3.8) is 0 Å². The summed E-state index contributed by atoms with van der Waals surface area (Å²) in [6, 6.07) is 82.8. The number of nitrogens with zero attached hydrogens (tertiary/aromatic N) is 2. The fourth-order valence-corrected chi connectivity index (χ4v) is 10.1. The van der Waals surface area contributed by atoms with Crippen LogP contribution in [0.5, 0.6) is 0 Å². The molecule has 0 N–H and O–H groups in total. The maximum atomic E-state index is 6.75. The molecule has 0 aliphatic carbocycles. The van der Waals surface area contributed by atoms with E-state index in [9.17, 15) is 0 Å². The highest BCUT2D eigenvalue weighted by atomic mass is 16.3. The summed E-state index contributed by atoms with van der Waals surface area (Å²) < 4.78 is 13.5. The number of hydrogen-bond donors (Lipinski definition) is 0. The van der Waals surface area contributed by atoms with Gasteiger partial charge in [-0.3, -0.25) is 0 Å². The summed E-state index contributed by atoms with van der Waals surface area (Å²) in [7, 11) is 0. The van der Waals surface area contributed by atoms with Crippen LogP contribution in [0.4, 0.5) is 34.1 Å². The Morgan fingerprint density at radius 3 is 1.06 bits per heavy atom. The molecule has 0 saturated heterocycles. The molecule has 0 radical (unpaired) electrons. The number of aryl methyl sites for hydroxylation is 2. The maximum absolute atomic E-state index is 6.75. The molecule has 322 valence electrons. The van der Waals surface area contributed by atoms with Crippen LogP contribution in [0, 0.1) is 13.8 Å². The smallest absolute Gasteiger partial charge is 0.136 e. The summed E-state index contributed by atoms with van der Waals surface area (Å²) in [6.07, 6.45) is 0. The van der Waals surface area contributed by atoms with E-state index in [1.54, 1.807) is 0 Å². The lowest BCUT2D eigenvalue weighted by Gasteiger charge is -2.28. The van der Waals surface area contributed by atoms with Crippen LogP contribution in [0.3, 0.4) is 0 Å². The van der Waals surface area contributed by atoms with Crippen LogP contribution < -0.4 is 9.80 Å². The minimum absolute atomic E-state index is 0.838. The molecule has 0 aliphatic rings. The fraction of sp³-hybridized carbons (Fsp3) is 0.0312. The molecule has 0 fully saturated rings. The van der Waals surface area contributed by atoms with Crippen molar-refractivity contribution in [2.45, 2.75) is 13.8 Å². The third-order valence-corrected chi connectivity index (χ3v) is 13.5. The second-order valence-corrected chi connectivity index (χ2v) is 17.9. The van der Waals surface area contributed by atoms with E-state index in [0.717, 1.165) is 99.5 Å². The number of benzene rings is 11. The Bertz CT molecular complexity index is 3770. The molecule has 0 spiro atoms. The second kappa shape index (κ2) is 15.9. The van der Waals surface area contributed by atoms with Gasteiger partial charge in [-0.15, -0.1) is 0 Å². The molecule has 0 bridgehead atoms. The van der Waals surface area contributed by atoms with Crippen LogP contribution in [0.15, 0.2) is 239 Å². The Morgan fingerprint density at radius 1 is 0.279 bits per heavy atom. The molecule has 0 aliphatic heterocycles. The maximum Gasteiger partial charge on any atom is 0.136 e. The van der Waals surface area contributed by atoms with Crippen LogP contribution in [0.25, 0.3) is 87.7 Å². The van der Waals surface area contributed by atoms with Crippen molar-refractivity contribution < 1.29 is 8.83 Å². The van der Waals surface area contributed by atoms with Crippen LogP contribution >= 0.6 is 0 Å². The topological polar surface area (TPSA) is 32.8 Å². The van der Waals surface area contributed by atoms with Crippen molar-refractivity contribution in [3.05, 3.63) is 242 Å². The average molecular weight is 873 g/mol. The van der Waals surface area contributed by atoms with E-state index in [1.165, 1.54) is 33.4 Å². The minimum atomic E-state index is 0.838. The summed E-state index contributed by atoms with van der Waals surface area (Å²) in [6.45, 7) is 4.26. The lowest BCUT2D eigenvalue weighted by molar-refractivity contribution is 0.664. The monoisotopic (exact) mass is 872 g/mol. The quantitative estimate of drug-likeness (QED) is 0.152. The zero-order valence-electron chi connectivity index (χ0n) is 37.7. The van der Waals surface area contributed by atoms with Gasteiger partial charge in [0.2, 0.25) is 0 Å². The molecule has 13 rings (SSSR count). The number of para-hydroxylation sites is 2.